The van der Waals surface area contributed by atoms with Crippen LogP contribution in [-0.4, -0.2) is 18.3 Å². The summed E-state index contributed by atoms with van der Waals surface area (Å²) in [6, 6.07) is 4.26. The predicted molar refractivity (Wildman–Crippen MR) is 54.5 cm³/mol. The Morgan fingerprint density at radius 3 is 2.86 bits per heavy atom. The van der Waals surface area contributed by atoms with E-state index in [0.717, 1.165) is 0 Å². The third kappa shape index (κ3) is 2.59. The Kier molecular flexibility index (Phi) is 4.17. The van der Waals surface area contributed by atoms with Gasteiger partial charge in [-0.2, -0.15) is 0 Å². The molecule has 1 N–H and O–H groups in total. The number of benzene rings is 1. The summed E-state index contributed by atoms with van der Waals surface area (Å²) in [5.74, 6) is -0.930. The summed E-state index contributed by atoms with van der Waals surface area (Å²) in [6.07, 6.45) is 0. The molecular formula is C9H8Cl2FNO. The number of carbonyl (C=O) groups excluding carboxylic acids is 1. The molecule has 0 aliphatic carbocycles. The van der Waals surface area contributed by atoms with Crippen LogP contribution >= 0.6 is 23.2 Å². The van der Waals surface area contributed by atoms with E-state index in [2.05, 4.69) is 5.32 Å². The minimum atomic E-state index is -0.707. The minimum Gasteiger partial charge on any atom is -0.351 e. The molecule has 1 rings (SSSR count). The third-order valence-corrected chi connectivity index (χ3v) is 2.06. The first kappa shape index (κ1) is 11.3. The van der Waals surface area contributed by atoms with E-state index in [0.29, 0.717) is 6.54 Å². The van der Waals surface area contributed by atoms with Crippen LogP contribution in [0.3, 0.4) is 0 Å². The molecule has 0 aliphatic heterocycles. The van der Waals surface area contributed by atoms with Gasteiger partial charge in [0, 0.05) is 12.4 Å². The summed E-state index contributed by atoms with van der Waals surface area (Å²) in [5, 5.41) is 2.38. The Morgan fingerprint density at radius 2 is 2.21 bits per heavy atom. The third-order valence-electron chi connectivity index (χ3n) is 1.58. The standard InChI is InChI=1S/C9H8Cl2FNO/c10-4-5-13-9(14)6-2-1-3-7(11)8(6)12/h1-3H,4-5H2,(H,13,14). The SMILES string of the molecule is O=C(NCCCl)c1cccc(Cl)c1F. The molecule has 0 aliphatic rings. The normalized spacial score (nSPS) is 9.93. The van der Waals surface area contributed by atoms with Crippen LogP contribution < -0.4 is 5.32 Å². The van der Waals surface area contributed by atoms with Crippen LogP contribution in [0.25, 0.3) is 0 Å². The molecule has 0 fully saturated rings. The zero-order valence-electron chi connectivity index (χ0n) is 7.19. The van der Waals surface area contributed by atoms with Gasteiger partial charge in [0.15, 0.2) is 5.82 Å². The van der Waals surface area contributed by atoms with Crippen molar-refractivity contribution in [1.29, 1.82) is 0 Å². The summed E-state index contributed by atoms with van der Waals surface area (Å²) < 4.78 is 13.3. The highest BCUT2D eigenvalue weighted by atomic mass is 35.5. The largest absolute Gasteiger partial charge is 0.351 e. The number of alkyl halides is 1. The number of hydrogen-bond acceptors (Lipinski definition) is 1. The molecule has 1 aromatic carbocycles. The Balaban J connectivity index is 2.84. The Bertz CT molecular complexity index is 344. The van der Waals surface area contributed by atoms with Crippen LogP contribution in [0.15, 0.2) is 18.2 Å². The van der Waals surface area contributed by atoms with Crippen molar-refractivity contribution in [2.24, 2.45) is 0 Å². The monoisotopic (exact) mass is 235 g/mol. The maximum absolute atomic E-state index is 13.3. The second-order valence-electron chi connectivity index (χ2n) is 2.55. The van der Waals surface area contributed by atoms with Crippen molar-refractivity contribution in [2.75, 3.05) is 12.4 Å². The Labute approximate surface area is 91.0 Å². The van der Waals surface area contributed by atoms with Gasteiger partial charge in [0.2, 0.25) is 0 Å². The summed E-state index contributed by atoms with van der Waals surface area (Å²) in [5.41, 5.74) is -0.0670. The molecular weight excluding hydrogens is 228 g/mol. The first-order valence-corrected chi connectivity index (χ1v) is 4.86. The maximum Gasteiger partial charge on any atom is 0.254 e. The quantitative estimate of drug-likeness (QED) is 0.802. The number of rotatable bonds is 3. The van der Waals surface area contributed by atoms with Gasteiger partial charge in [0.25, 0.3) is 5.91 Å². The lowest BCUT2D eigenvalue weighted by molar-refractivity contribution is 0.0952. The highest BCUT2D eigenvalue weighted by molar-refractivity contribution is 6.31. The van der Waals surface area contributed by atoms with Gasteiger partial charge in [0.1, 0.15) is 0 Å². The van der Waals surface area contributed by atoms with Gasteiger partial charge in [0.05, 0.1) is 10.6 Å². The Morgan fingerprint density at radius 1 is 1.50 bits per heavy atom. The topological polar surface area (TPSA) is 29.1 Å². The molecule has 0 radical (unpaired) electrons. The van der Waals surface area contributed by atoms with E-state index in [1.807, 2.05) is 0 Å². The van der Waals surface area contributed by atoms with Crippen molar-refractivity contribution in [3.8, 4) is 0 Å². The van der Waals surface area contributed by atoms with Gasteiger partial charge < -0.3 is 5.32 Å². The van der Waals surface area contributed by atoms with Gasteiger partial charge in [-0.1, -0.05) is 17.7 Å². The molecule has 76 valence electrons. The first-order chi connectivity index (χ1) is 6.66. The van der Waals surface area contributed by atoms with Crippen LogP contribution in [0.4, 0.5) is 4.39 Å². The van der Waals surface area contributed by atoms with E-state index in [4.69, 9.17) is 23.2 Å². The summed E-state index contributed by atoms with van der Waals surface area (Å²) in [6.45, 7) is 0.298. The van der Waals surface area contributed by atoms with Crippen LogP contribution in [0.1, 0.15) is 10.4 Å². The molecule has 0 saturated heterocycles. The molecule has 0 unspecified atom stereocenters. The van der Waals surface area contributed by atoms with Crippen molar-refractivity contribution in [1.82, 2.24) is 5.32 Å². The van der Waals surface area contributed by atoms with E-state index < -0.39 is 11.7 Å². The molecule has 0 heterocycles. The van der Waals surface area contributed by atoms with Gasteiger partial charge >= 0.3 is 0 Å². The lowest BCUT2D eigenvalue weighted by atomic mass is 10.2. The molecule has 0 aromatic heterocycles. The second-order valence-corrected chi connectivity index (χ2v) is 3.33. The van der Waals surface area contributed by atoms with Crippen LogP contribution in [0.2, 0.25) is 5.02 Å². The van der Waals surface area contributed by atoms with Crippen LogP contribution in [-0.2, 0) is 0 Å². The minimum absolute atomic E-state index is 0.0662. The molecule has 2 nitrogen and oxygen atoms in total. The van der Waals surface area contributed by atoms with Crippen molar-refractivity contribution in [2.45, 2.75) is 0 Å². The van der Waals surface area contributed by atoms with Crippen molar-refractivity contribution in [3.63, 3.8) is 0 Å². The van der Waals surface area contributed by atoms with Crippen LogP contribution in [0.5, 0.6) is 0 Å². The molecule has 0 saturated carbocycles. The van der Waals surface area contributed by atoms with Crippen LogP contribution in [0, 0.1) is 5.82 Å². The number of amides is 1. The molecule has 0 bridgehead atoms. The molecule has 0 atom stereocenters. The fourth-order valence-corrected chi connectivity index (χ4v) is 1.20. The molecule has 5 heteroatoms. The van der Waals surface area contributed by atoms with Crippen molar-refractivity contribution < 1.29 is 9.18 Å². The van der Waals surface area contributed by atoms with Crippen molar-refractivity contribution >= 4 is 29.1 Å². The highest BCUT2D eigenvalue weighted by Crippen LogP contribution is 2.17. The summed E-state index contributed by atoms with van der Waals surface area (Å²) in [4.78, 5) is 11.3. The summed E-state index contributed by atoms with van der Waals surface area (Å²) >= 11 is 10.9. The molecule has 1 aromatic rings. The molecule has 14 heavy (non-hydrogen) atoms. The fourth-order valence-electron chi connectivity index (χ4n) is 0.935. The zero-order chi connectivity index (χ0) is 10.6. The van der Waals surface area contributed by atoms with Crippen molar-refractivity contribution in [3.05, 3.63) is 34.6 Å². The molecule has 0 spiro atoms. The van der Waals surface area contributed by atoms with E-state index in [1.54, 1.807) is 0 Å². The average Bonchev–Trinajstić information content (AvgIpc) is 2.18. The number of halogens is 3. The molecule has 1 amide bonds. The number of nitrogens with one attached hydrogen (secondary N) is 1. The zero-order valence-corrected chi connectivity index (χ0v) is 8.70. The van der Waals surface area contributed by atoms with Gasteiger partial charge in [-0.25, -0.2) is 4.39 Å². The van der Waals surface area contributed by atoms with E-state index >= 15 is 0 Å². The second kappa shape index (κ2) is 5.17. The lowest BCUT2D eigenvalue weighted by Gasteiger charge is -2.04. The first-order valence-electron chi connectivity index (χ1n) is 3.95. The lowest BCUT2D eigenvalue weighted by Crippen LogP contribution is -2.26. The predicted octanol–water partition coefficient (Wildman–Crippen LogP) is 2.45. The highest BCUT2D eigenvalue weighted by Gasteiger charge is 2.12. The van der Waals surface area contributed by atoms with E-state index in [1.165, 1.54) is 18.2 Å². The number of hydrogen-bond donors (Lipinski definition) is 1. The average molecular weight is 236 g/mol. The Hall–Kier alpha value is -0.800. The van der Waals surface area contributed by atoms with Gasteiger partial charge in [-0.15, -0.1) is 11.6 Å². The number of carbonyl (C=O) groups is 1. The van der Waals surface area contributed by atoms with E-state index in [-0.39, 0.29) is 16.5 Å². The van der Waals surface area contributed by atoms with Gasteiger partial charge in [-0.3, -0.25) is 4.79 Å². The van der Waals surface area contributed by atoms with Gasteiger partial charge in [-0.05, 0) is 12.1 Å². The fraction of sp³-hybridized carbons (Fsp3) is 0.222. The summed E-state index contributed by atoms with van der Waals surface area (Å²) in [7, 11) is 0. The maximum atomic E-state index is 13.3. The van der Waals surface area contributed by atoms with E-state index in [9.17, 15) is 9.18 Å². The smallest absolute Gasteiger partial charge is 0.254 e.